The molecule has 0 spiro atoms. The molecule has 0 saturated carbocycles. The lowest BCUT2D eigenvalue weighted by molar-refractivity contribution is -0.873. The Morgan fingerprint density at radius 1 is 1.25 bits per heavy atom. The minimum atomic E-state index is -2.32. The first-order valence-corrected chi connectivity index (χ1v) is 7.22. The van der Waals surface area contributed by atoms with Crippen molar-refractivity contribution in [3.8, 4) is 0 Å². The molecule has 1 atom stereocenters. The third kappa shape index (κ3) is 12.0. The van der Waals surface area contributed by atoms with Crippen LogP contribution in [0.5, 0.6) is 0 Å². The SMILES string of the molecule is [2H]C([2H])([2H])[N+](C)(C)CC(CC(=O)[O-])OC(=O)CCCCCCC. The molecule has 0 aliphatic rings. The predicted molar refractivity (Wildman–Crippen MR) is 75.8 cm³/mol. The van der Waals surface area contributed by atoms with E-state index < -0.39 is 35.9 Å². The molecule has 0 fully saturated rings. The number of rotatable bonds is 11. The fraction of sp³-hybridized carbons (Fsp3) is 0.867. The maximum atomic E-state index is 11.8. The number of aliphatic carboxylic acids is 1. The third-order valence-electron chi connectivity index (χ3n) is 2.84. The Bertz CT molecular complexity index is 383. The number of carbonyl (C=O) groups is 2. The number of hydrogen-bond donors (Lipinski definition) is 0. The number of ether oxygens (including phenoxy) is 1. The second kappa shape index (κ2) is 9.75. The van der Waals surface area contributed by atoms with Crippen LogP contribution in [0, 0.1) is 0 Å². The van der Waals surface area contributed by atoms with Crippen LogP contribution in [0.15, 0.2) is 0 Å². The van der Waals surface area contributed by atoms with Gasteiger partial charge in [-0.1, -0.05) is 32.6 Å². The summed E-state index contributed by atoms with van der Waals surface area (Å²) in [6.45, 7) is -0.327. The van der Waals surface area contributed by atoms with Crippen molar-refractivity contribution in [1.29, 1.82) is 0 Å². The molecule has 0 radical (unpaired) electrons. The summed E-state index contributed by atoms with van der Waals surface area (Å²) in [7, 11) is 2.90. The molecular weight excluding hydrogens is 258 g/mol. The number of unbranched alkanes of at least 4 members (excludes halogenated alkanes) is 4. The number of carboxylic acid groups (broad SMARTS) is 1. The lowest BCUT2D eigenvalue weighted by Gasteiger charge is -2.29. The summed E-state index contributed by atoms with van der Waals surface area (Å²) in [5.41, 5.74) is 0. The minimum Gasteiger partial charge on any atom is -0.550 e. The van der Waals surface area contributed by atoms with E-state index in [2.05, 4.69) is 6.92 Å². The molecule has 0 rings (SSSR count). The number of esters is 1. The van der Waals surface area contributed by atoms with Gasteiger partial charge in [-0.05, 0) is 6.42 Å². The molecule has 5 heteroatoms. The Morgan fingerprint density at radius 2 is 1.90 bits per heavy atom. The second-order valence-corrected chi connectivity index (χ2v) is 5.72. The summed E-state index contributed by atoms with van der Waals surface area (Å²) in [5, 5.41) is 10.8. The van der Waals surface area contributed by atoms with Crippen LogP contribution in [-0.4, -0.2) is 50.1 Å². The van der Waals surface area contributed by atoms with Crippen molar-refractivity contribution in [3.05, 3.63) is 0 Å². The van der Waals surface area contributed by atoms with Gasteiger partial charge in [-0.15, -0.1) is 0 Å². The van der Waals surface area contributed by atoms with Gasteiger partial charge in [-0.2, -0.15) is 0 Å². The fourth-order valence-corrected chi connectivity index (χ4v) is 1.96. The van der Waals surface area contributed by atoms with Crippen molar-refractivity contribution in [1.82, 2.24) is 0 Å². The topological polar surface area (TPSA) is 66.4 Å². The maximum Gasteiger partial charge on any atom is 0.306 e. The highest BCUT2D eigenvalue weighted by Gasteiger charge is 2.22. The van der Waals surface area contributed by atoms with Gasteiger partial charge >= 0.3 is 5.97 Å². The van der Waals surface area contributed by atoms with Crippen LogP contribution in [0.1, 0.15) is 56.0 Å². The van der Waals surface area contributed by atoms with E-state index in [1.807, 2.05) is 0 Å². The number of carbonyl (C=O) groups excluding carboxylic acids is 2. The molecule has 0 saturated heterocycles. The number of likely N-dealkylation sites (N-methyl/N-ethyl adjacent to an activating group) is 1. The summed E-state index contributed by atoms with van der Waals surface area (Å²) in [5.74, 6) is -1.85. The van der Waals surface area contributed by atoms with Crippen LogP contribution in [0.2, 0.25) is 0 Å². The van der Waals surface area contributed by atoms with Crippen LogP contribution in [0.4, 0.5) is 0 Å². The smallest absolute Gasteiger partial charge is 0.306 e. The lowest BCUT2D eigenvalue weighted by atomic mass is 10.1. The molecule has 5 nitrogen and oxygen atoms in total. The van der Waals surface area contributed by atoms with E-state index in [1.54, 1.807) is 0 Å². The Morgan fingerprint density at radius 3 is 2.45 bits per heavy atom. The zero-order chi connectivity index (χ0) is 18.1. The molecular formula is C15H29NO4. The molecule has 0 aliphatic carbocycles. The average molecular weight is 290 g/mol. The largest absolute Gasteiger partial charge is 0.550 e. The summed E-state index contributed by atoms with van der Waals surface area (Å²) in [6, 6.07) is 0. The number of carboxylic acids is 1. The van der Waals surface area contributed by atoms with Gasteiger partial charge in [-0.3, -0.25) is 4.79 Å². The van der Waals surface area contributed by atoms with Gasteiger partial charge < -0.3 is 19.1 Å². The van der Waals surface area contributed by atoms with Gasteiger partial charge in [0.1, 0.15) is 6.54 Å². The van der Waals surface area contributed by atoms with E-state index in [1.165, 1.54) is 14.1 Å². The van der Waals surface area contributed by atoms with Crippen molar-refractivity contribution >= 4 is 11.9 Å². The normalized spacial score (nSPS) is 15.8. The number of hydrogen-bond acceptors (Lipinski definition) is 4. The van der Waals surface area contributed by atoms with Gasteiger partial charge in [-0.25, -0.2) is 0 Å². The minimum absolute atomic E-state index is 0.105. The monoisotopic (exact) mass is 290 g/mol. The van der Waals surface area contributed by atoms with Crippen LogP contribution in [-0.2, 0) is 14.3 Å². The lowest BCUT2D eigenvalue weighted by Crippen LogP contribution is -2.45. The van der Waals surface area contributed by atoms with Crippen LogP contribution < -0.4 is 5.11 Å². The Kier molecular flexibility index (Phi) is 6.76. The summed E-state index contributed by atoms with van der Waals surface area (Å²) >= 11 is 0. The first-order chi connectivity index (χ1) is 10.5. The van der Waals surface area contributed by atoms with Gasteiger partial charge in [0.25, 0.3) is 0 Å². The maximum absolute atomic E-state index is 11.8. The zero-order valence-corrected chi connectivity index (χ0v) is 12.8. The van der Waals surface area contributed by atoms with Gasteiger partial charge in [0.15, 0.2) is 6.10 Å². The third-order valence-corrected chi connectivity index (χ3v) is 2.84. The van der Waals surface area contributed by atoms with Crippen molar-refractivity contribution < 1.29 is 28.0 Å². The summed E-state index contributed by atoms with van der Waals surface area (Å²) in [6.07, 6.45) is 3.61. The molecule has 0 aromatic heterocycles. The standard InChI is InChI=1S/C15H29NO4/c1-5-6-7-8-9-10-15(19)20-13(11-14(17)18)12-16(2,3)4/h13H,5-12H2,1-4H3/i2D3. The molecule has 0 heterocycles. The number of nitrogens with zero attached hydrogens (tertiary/aromatic N) is 1. The Labute approximate surface area is 126 Å². The first kappa shape index (κ1) is 13.9. The Balaban J connectivity index is 4.50. The zero-order valence-electron chi connectivity index (χ0n) is 15.8. The predicted octanol–water partition coefficient (Wildman–Crippen LogP) is 1.10. The van der Waals surface area contributed by atoms with Crippen molar-refractivity contribution in [2.45, 2.75) is 58.0 Å². The summed E-state index contributed by atoms with van der Waals surface area (Å²) < 4.78 is 27.1. The average Bonchev–Trinajstić information content (AvgIpc) is 2.35. The van der Waals surface area contributed by atoms with Crippen molar-refractivity contribution in [2.24, 2.45) is 0 Å². The number of quaternary nitrogens is 1. The van der Waals surface area contributed by atoms with E-state index in [4.69, 9.17) is 8.85 Å². The molecule has 0 N–H and O–H groups in total. The molecule has 20 heavy (non-hydrogen) atoms. The van der Waals surface area contributed by atoms with E-state index >= 15 is 0 Å². The molecule has 0 aliphatic heterocycles. The molecule has 118 valence electrons. The van der Waals surface area contributed by atoms with Gasteiger partial charge in [0, 0.05) is 18.8 Å². The Hall–Kier alpha value is -1.10. The highest BCUT2D eigenvalue weighted by molar-refractivity contribution is 5.70. The van der Waals surface area contributed by atoms with E-state index in [-0.39, 0.29) is 13.0 Å². The fourth-order valence-electron chi connectivity index (χ4n) is 1.96. The van der Waals surface area contributed by atoms with Crippen LogP contribution in [0.25, 0.3) is 0 Å². The second-order valence-electron chi connectivity index (χ2n) is 5.72. The molecule has 0 amide bonds. The molecule has 0 aromatic rings. The van der Waals surface area contributed by atoms with Crippen molar-refractivity contribution in [3.63, 3.8) is 0 Å². The van der Waals surface area contributed by atoms with E-state index in [0.717, 1.165) is 25.7 Å². The first-order valence-electron chi connectivity index (χ1n) is 8.72. The summed E-state index contributed by atoms with van der Waals surface area (Å²) in [4.78, 5) is 22.6. The van der Waals surface area contributed by atoms with Crippen LogP contribution >= 0.6 is 0 Å². The van der Waals surface area contributed by atoms with Crippen LogP contribution in [0.3, 0.4) is 0 Å². The van der Waals surface area contributed by atoms with Gasteiger partial charge in [0.2, 0.25) is 0 Å². The van der Waals surface area contributed by atoms with Crippen molar-refractivity contribution in [2.75, 3.05) is 27.6 Å². The molecule has 1 unspecified atom stereocenters. The quantitative estimate of drug-likeness (QED) is 0.325. The highest BCUT2D eigenvalue weighted by Crippen LogP contribution is 2.09. The van der Waals surface area contributed by atoms with E-state index in [0.29, 0.717) is 6.42 Å². The molecule has 0 bridgehead atoms. The van der Waals surface area contributed by atoms with E-state index in [9.17, 15) is 14.7 Å². The van der Waals surface area contributed by atoms with Gasteiger partial charge in [0.05, 0.1) is 25.2 Å². The molecule has 0 aromatic carbocycles. The highest BCUT2D eigenvalue weighted by atomic mass is 16.5.